The number of carbonyl (C=O) groups excluding carboxylic acids is 1. The van der Waals surface area contributed by atoms with Crippen LogP contribution in [-0.4, -0.2) is 41.6 Å². The molecule has 0 saturated carbocycles. The fraction of sp³-hybridized carbons (Fsp3) is 0.643. The van der Waals surface area contributed by atoms with Gasteiger partial charge in [-0.2, -0.15) is 0 Å². The van der Waals surface area contributed by atoms with Gasteiger partial charge in [-0.15, -0.1) is 0 Å². The maximum atomic E-state index is 11.1. The van der Waals surface area contributed by atoms with Gasteiger partial charge in [-0.25, -0.2) is 9.97 Å². The van der Waals surface area contributed by atoms with Crippen LogP contribution < -0.4 is 15.5 Å². The minimum Gasteiger partial charge on any atom is -0.370 e. The quantitative estimate of drug-likeness (QED) is 0.846. The van der Waals surface area contributed by atoms with Crippen molar-refractivity contribution in [2.24, 2.45) is 0 Å². The second kappa shape index (κ2) is 6.54. The first-order valence-electron chi connectivity index (χ1n) is 7.25. The summed E-state index contributed by atoms with van der Waals surface area (Å²) < 4.78 is 0. The van der Waals surface area contributed by atoms with Gasteiger partial charge in [0.2, 0.25) is 5.91 Å². The van der Waals surface area contributed by atoms with Crippen molar-refractivity contribution in [3.8, 4) is 0 Å². The van der Waals surface area contributed by atoms with Gasteiger partial charge >= 0.3 is 0 Å². The largest absolute Gasteiger partial charge is 0.370 e. The van der Waals surface area contributed by atoms with Crippen LogP contribution in [0.5, 0.6) is 0 Å². The number of nitrogens with zero attached hydrogens (tertiary/aromatic N) is 3. The number of aromatic nitrogens is 2. The van der Waals surface area contributed by atoms with E-state index in [1.54, 1.807) is 13.3 Å². The van der Waals surface area contributed by atoms with E-state index in [0.717, 1.165) is 49.7 Å². The summed E-state index contributed by atoms with van der Waals surface area (Å²) in [5.41, 5.74) is 1.15. The van der Waals surface area contributed by atoms with Crippen LogP contribution in [0.3, 0.4) is 0 Å². The van der Waals surface area contributed by atoms with Gasteiger partial charge in [-0.05, 0) is 19.8 Å². The third-order valence-electron chi connectivity index (χ3n) is 3.52. The molecule has 0 aromatic carbocycles. The van der Waals surface area contributed by atoms with Crippen LogP contribution in [0, 0.1) is 0 Å². The molecule has 0 aliphatic carbocycles. The molecular formula is C14H23N5O. The molecule has 1 saturated heterocycles. The van der Waals surface area contributed by atoms with E-state index in [1.165, 1.54) is 0 Å². The SMILES string of the molecule is CCNc1ncnc(N2CCC(NC(C)=O)C2)c1CC. The van der Waals surface area contributed by atoms with Crippen LogP contribution in [0.2, 0.25) is 0 Å². The maximum absolute atomic E-state index is 11.1. The summed E-state index contributed by atoms with van der Waals surface area (Å²) in [6, 6.07) is 0.217. The van der Waals surface area contributed by atoms with Crippen molar-refractivity contribution in [1.82, 2.24) is 15.3 Å². The van der Waals surface area contributed by atoms with Crippen LogP contribution in [0.15, 0.2) is 6.33 Å². The van der Waals surface area contributed by atoms with E-state index in [0.29, 0.717) is 0 Å². The average Bonchev–Trinajstić information content (AvgIpc) is 2.86. The van der Waals surface area contributed by atoms with Crippen molar-refractivity contribution in [1.29, 1.82) is 0 Å². The number of hydrogen-bond donors (Lipinski definition) is 2. The standard InChI is InChI=1S/C14H23N5O/c1-4-12-13(15-5-2)16-9-17-14(12)19-7-6-11(8-19)18-10(3)20/h9,11H,4-8H2,1-3H3,(H,18,20)(H,15,16,17). The van der Waals surface area contributed by atoms with Gasteiger partial charge in [-0.1, -0.05) is 6.92 Å². The monoisotopic (exact) mass is 277 g/mol. The fourth-order valence-electron chi connectivity index (χ4n) is 2.68. The Labute approximate surface area is 120 Å². The van der Waals surface area contributed by atoms with Crippen LogP contribution in [-0.2, 0) is 11.2 Å². The Morgan fingerprint density at radius 1 is 1.45 bits per heavy atom. The number of nitrogens with one attached hydrogen (secondary N) is 2. The molecule has 1 aliphatic rings. The van der Waals surface area contributed by atoms with E-state index in [4.69, 9.17) is 0 Å². The minimum absolute atomic E-state index is 0.0311. The van der Waals surface area contributed by atoms with Gasteiger partial charge < -0.3 is 15.5 Å². The molecule has 110 valence electrons. The topological polar surface area (TPSA) is 70.2 Å². The lowest BCUT2D eigenvalue weighted by Gasteiger charge is -2.22. The third-order valence-corrected chi connectivity index (χ3v) is 3.52. The van der Waals surface area contributed by atoms with E-state index in [-0.39, 0.29) is 11.9 Å². The predicted molar refractivity (Wildman–Crippen MR) is 80.0 cm³/mol. The van der Waals surface area contributed by atoms with Crippen molar-refractivity contribution < 1.29 is 4.79 Å². The Morgan fingerprint density at radius 3 is 2.90 bits per heavy atom. The summed E-state index contributed by atoms with van der Waals surface area (Å²) in [6.07, 6.45) is 3.46. The van der Waals surface area contributed by atoms with E-state index in [9.17, 15) is 4.79 Å². The smallest absolute Gasteiger partial charge is 0.217 e. The Morgan fingerprint density at radius 2 is 2.25 bits per heavy atom. The molecule has 2 N–H and O–H groups in total. The first-order chi connectivity index (χ1) is 9.65. The van der Waals surface area contributed by atoms with Crippen LogP contribution in [0.1, 0.15) is 32.8 Å². The highest BCUT2D eigenvalue weighted by Crippen LogP contribution is 2.26. The second-order valence-corrected chi connectivity index (χ2v) is 5.04. The summed E-state index contributed by atoms with van der Waals surface area (Å²) in [5, 5.41) is 6.27. The summed E-state index contributed by atoms with van der Waals surface area (Å²) in [5.74, 6) is 1.94. The zero-order chi connectivity index (χ0) is 14.5. The molecule has 1 atom stereocenters. The van der Waals surface area contributed by atoms with Gasteiger partial charge in [0.15, 0.2) is 0 Å². The number of carbonyl (C=O) groups is 1. The second-order valence-electron chi connectivity index (χ2n) is 5.04. The highest BCUT2D eigenvalue weighted by molar-refractivity contribution is 5.73. The van der Waals surface area contributed by atoms with Gasteiger partial charge in [0.1, 0.15) is 18.0 Å². The molecule has 2 heterocycles. The molecule has 0 bridgehead atoms. The average molecular weight is 277 g/mol. The lowest BCUT2D eigenvalue weighted by Crippen LogP contribution is -2.36. The fourth-order valence-corrected chi connectivity index (χ4v) is 2.68. The highest BCUT2D eigenvalue weighted by Gasteiger charge is 2.26. The Kier molecular flexibility index (Phi) is 4.76. The van der Waals surface area contributed by atoms with E-state index >= 15 is 0 Å². The minimum atomic E-state index is 0.0311. The Bertz CT molecular complexity index is 477. The van der Waals surface area contributed by atoms with E-state index in [1.807, 2.05) is 0 Å². The molecule has 1 amide bonds. The molecule has 1 unspecified atom stereocenters. The summed E-state index contributed by atoms with van der Waals surface area (Å²) >= 11 is 0. The molecule has 6 heteroatoms. The highest BCUT2D eigenvalue weighted by atomic mass is 16.1. The predicted octanol–water partition coefficient (Wildman–Crippen LogP) is 1.19. The van der Waals surface area contributed by atoms with Gasteiger partial charge in [0.25, 0.3) is 0 Å². The molecule has 6 nitrogen and oxygen atoms in total. The van der Waals surface area contributed by atoms with E-state index in [2.05, 4.69) is 39.3 Å². The Hall–Kier alpha value is -1.85. The first-order valence-corrected chi connectivity index (χ1v) is 7.25. The van der Waals surface area contributed by atoms with Crippen LogP contribution >= 0.6 is 0 Å². The normalized spacial score (nSPS) is 18.1. The number of rotatable bonds is 5. The molecular weight excluding hydrogens is 254 g/mol. The van der Waals surface area contributed by atoms with Crippen LogP contribution in [0.4, 0.5) is 11.6 Å². The van der Waals surface area contributed by atoms with Crippen molar-refractivity contribution in [3.05, 3.63) is 11.9 Å². The van der Waals surface area contributed by atoms with E-state index < -0.39 is 0 Å². The van der Waals surface area contributed by atoms with Crippen molar-refractivity contribution in [2.45, 2.75) is 39.7 Å². The zero-order valence-electron chi connectivity index (χ0n) is 12.4. The summed E-state index contributed by atoms with van der Waals surface area (Å²) in [7, 11) is 0. The zero-order valence-corrected chi connectivity index (χ0v) is 12.4. The maximum Gasteiger partial charge on any atom is 0.217 e. The third kappa shape index (κ3) is 3.18. The molecule has 1 aliphatic heterocycles. The lowest BCUT2D eigenvalue weighted by atomic mass is 10.2. The van der Waals surface area contributed by atoms with Gasteiger partial charge in [0, 0.05) is 38.2 Å². The van der Waals surface area contributed by atoms with Gasteiger partial charge in [-0.3, -0.25) is 4.79 Å². The summed E-state index contributed by atoms with van der Waals surface area (Å²) in [6.45, 7) is 8.32. The molecule has 20 heavy (non-hydrogen) atoms. The lowest BCUT2D eigenvalue weighted by molar-refractivity contribution is -0.119. The molecule has 1 aromatic rings. The molecule has 0 spiro atoms. The summed E-state index contributed by atoms with van der Waals surface area (Å²) in [4.78, 5) is 22.1. The first kappa shape index (κ1) is 14.6. The molecule has 1 aromatic heterocycles. The van der Waals surface area contributed by atoms with Crippen molar-refractivity contribution in [2.75, 3.05) is 29.9 Å². The van der Waals surface area contributed by atoms with Gasteiger partial charge in [0.05, 0.1) is 0 Å². The van der Waals surface area contributed by atoms with Crippen molar-refractivity contribution >= 4 is 17.5 Å². The van der Waals surface area contributed by atoms with Crippen molar-refractivity contribution in [3.63, 3.8) is 0 Å². The molecule has 0 radical (unpaired) electrons. The number of anilines is 2. The Balaban J connectivity index is 2.17. The molecule has 1 fully saturated rings. The molecule has 2 rings (SSSR count). The number of amides is 1. The van der Waals surface area contributed by atoms with Crippen LogP contribution in [0.25, 0.3) is 0 Å². The number of hydrogen-bond acceptors (Lipinski definition) is 5.